The van der Waals surface area contributed by atoms with Crippen molar-refractivity contribution in [2.75, 3.05) is 4.90 Å². The van der Waals surface area contributed by atoms with Crippen LogP contribution in [0.15, 0.2) is 52.7 Å². The van der Waals surface area contributed by atoms with Gasteiger partial charge in [0.25, 0.3) is 11.8 Å². The maximum absolute atomic E-state index is 12.6. The third kappa shape index (κ3) is 2.31. The Bertz CT molecular complexity index is 790. The molecular weight excluding hydrogens is 284 g/mol. The molecule has 4 amide bonds. The Hall–Kier alpha value is -3.15. The highest BCUT2D eigenvalue weighted by Crippen LogP contribution is 2.24. The molecule has 6 heteroatoms. The van der Waals surface area contributed by atoms with Crippen molar-refractivity contribution in [3.63, 3.8) is 0 Å². The lowest BCUT2D eigenvalue weighted by Gasteiger charge is -2.27. The average molecular weight is 296 g/mol. The van der Waals surface area contributed by atoms with Crippen LogP contribution >= 0.6 is 0 Å². The van der Waals surface area contributed by atoms with Crippen molar-refractivity contribution in [3.05, 3.63) is 59.6 Å². The predicted octanol–water partition coefficient (Wildman–Crippen LogP) is 2.25. The van der Waals surface area contributed by atoms with Gasteiger partial charge in [-0.2, -0.15) is 0 Å². The first-order chi connectivity index (χ1) is 10.6. The Kier molecular flexibility index (Phi) is 3.34. The molecule has 1 aromatic heterocycles. The van der Waals surface area contributed by atoms with E-state index < -0.39 is 17.8 Å². The molecule has 22 heavy (non-hydrogen) atoms. The topological polar surface area (TPSA) is 79.6 Å². The van der Waals surface area contributed by atoms with Gasteiger partial charge in [-0.05, 0) is 36.8 Å². The maximum Gasteiger partial charge on any atom is 0.335 e. The summed E-state index contributed by atoms with van der Waals surface area (Å²) in [5.74, 6) is -1.06. The molecule has 1 fully saturated rings. The fourth-order valence-electron chi connectivity index (χ4n) is 2.21. The molecule has 0 radical (unpaired) electrons. The molecule has 0 bridgehead atoms. The molecule has 0 atom stereocenters. The fraction of sp³-hybridized carbons (Fsp3) is 0.0625. The molecular formula is C16H12N2O4. The van der Waals surface area contributed by atoms with E-state index in [1.54, 1.807) is 43.3 Å². The van der Waals surface area contributed by atoms with E-state index in [0.29, 0.717) is 11.4 Å². The number of nitrogens with zero attached hydrogens (tertiary/aromatic N) is 1. The zero-order valence-electron chi connectivity index (χ0n) is 11.7. The van der Waals surface area contributed by atoms with Gasteiger partial charge in [-0.3, -0.25) is 14.9 Å². The molecule has 1 N–H and O–H groups in total. The third-order valence-electron chi connectivity index (χ3n) is 3.29. The van der Waals surface area contributed by atoms with Crippen LogP contribution in [-0.2, 0) is 9.59 Å². The zero-order chi connectivity index (χ0) is 15.7. The first-order valence-corrected chi connectivity index (χ1v) is 6.58. The number of rotatable bonds is 2. The van der Waals surface area contributed by atoms with Gasteiger partial charge in [-0.25, -0.2) is 9.69 Å². The summed E-state index contributed by atoms with van der Waals surface area (Å²) >= 11 is 0. The monoisotopic (exact) mass is 296 g/mol. The molecule has 1 saturated heterocycles. The lowest BCUT2D eigenvalue weighted by atomic mass is 10.1. The SMILES string of the molecule is Cc1ccccc1N1C(=O)NC(=O)/C(=C/c2ccco2)C1=O. The molecule has 0 unspecified atom stereocenters. The average Bonchev–Trinajstić information content (AvgIpc) is 2.98. The molecule has 1 aliphatic rings. The molecule has 2 aromatic rings. The number of para-hydroxylation sites is 1. The highest BCUT2D eigenvalue weighted by Gasteiger charge is 2.37. The summed E-state index contributed by atoms with van der Waals surface area (Å²) < 4.78 is 5.11. The number of furan rings is 1. The molecule has 0 spiro atoms. The quantitative estimate of drug-likeness (QED) is 0.681. The number of aryl methyl sites for hydroxylation is 1. The van der Waals surface area contributed by atoms with Gasteiger partial charge in [-0.1, -0.05) is 18.2 Å². The van der Waals surface area contributed by atoms with Gasteiger partial charge in [0.05, 0.1) is 12.0 Å². The Morgan fingerprint density at radius 2 is 1.86 bits per heavy atom. The van der Waals surface area contributed by atoms with Gasteiger partial charge in [-0.15, -0.1) is 0 Å². The lowest BCUT2D eigenvalue weighted by Crippen LogP contribution is -2.54. The van der Waals surface area contributed by atoms with Crippen LogP contribution in [0.2, 0.25) is 0 Å². The van der Waals surface area contributed by atoms with E-state index in [2.05, 4.69) is 5.32 Å². The van der Waals surface area contributed by atoms with Crippen LogP contribution < -0.4 is 10.2 Å². The number of hydrogen-bond acceptors (Lipinski definition) is 4. The van der Waals surface area contributed by atoms with Gasteiger partial charge < -0.3 is 4.42 Å². The van der Waals surface area contributed by atoms with Gasteiger partial charge in [0, 0.05) is 0 Å². The van der Waals surface area contributed by atoms with Crippen molar-refractivity contribution in [1.82, 2.24) is 5.32 Å². The van der Waals surface area contributed by atoms with Gasteiger partial charge >= 0.3 is 6.03 Å². The van der Waals surface area contributed by atoms with Gasteiger partial charge in [0.2, 0.25) is 0 Å². The number of benzene rings is 1. The summed E-state index contributed by atoms with van der Waals surface area (Å²) in [7, 11) is 0. The summed E-state index contributed by atoms with van der Waals surface area (Å²) in [6, 6.07) is 9.44. The molecule has 110 valence electrons. The van der Waals surface area contributed by atoms with E-state index in [1.807, 2.05) is 0 Å². The smallest absolute Gasteiger partial charge is 0.335 e. The fourth-order valence-corrected chi connectivity index (χ4v) is 2.21. The summed E-state index contributed by atoms with van der Waals surface area (Å²) in [6.07, 6.45) is 2.75. The molecule has 1 aromatic carbocycles. The standard InChI is InChI=1S/C16H12N2O4/c1-10-5-2-3-7-13(10)18-15(20)12(14(19)17-16(18)21)9-11-6-4-8-22-11/h2-9H,1H3,(H,17,19,21)/b12-9-. The maximum atomic E-state index is 12.6. The molecule has 1 aliphatic heterocycles. The molecule has 2 heterocycles. The largest absolute Gasteiger partial charge is 0.465 e. The number of urea groups is 1. The second kappa shape index (κ2) is 5.33. The second-order valence-electron chi connectivity index (χ2n) is 4.76. The first-order valence-electron chi connectivity index (χ1n) is 6.58. The van der Waals surface area contributed by atoms with Crippen LogP contribution in [-0.4, -0.2) is 17.8 Å². The Morgan fingerprint density at radius 1 is 1.09 bits per heavy atom. The van der Waals surface area contributed by atoms with Crippen LogP contribution in [0.4, 0.5) is 10.5 Å². The Labute approximate surface area is 126 Å². The van der Waals surface area contributed by atoms with Crippen molar-refractivity contribution >= 4 is 29.6 Å². The van der Waals surface area contributed by atoms with Crippen molar-refractivity contribution in [1.29, 1.82) is 0 Å². The van der Waals surface area contributed by atoms with Crippen LogP contribution in [0, 0.1) is 6.92 Å². The number of carbonyl (C=O) groups excluding carboxylic acids is 3. The lowest BCUT2D eigenvalue weighted by molar-refractivity contribution is -0.122. The van der Waals surface area contributed by atoms with Crippen molar-refractivity contribution in [2.45, 2.75) is 6.92 Å². The van der Waals surface area contributed by atoms with E-state index >= 15 is 0 Å². The minimum atomic E-state index is -0.763. The summed E-state index contributed by atoms with van der Waals surface area (Å²) in [5, 5.41) is 2.17. The van der Waals surface area contributed by atoms with E-state index in [9.17, 15) is 14.4 Å². The minimum absolute atomic E-state index is 0.155. The number of amides is 4. The highest BCUT2D eigenvalue weighted by molar-refractivity contribution is 6.39. The van der Waals surface area contributed by atoms with Crippen LogP contribution in [0.5, 0.6) is 0 Å². The highest BCUT2D eigenvalue weighted by atomic mass is 16.3. The van der Waals surface area contributed by atoms with Crippen LogP contribution in [0.25, 0.3) is 6.08 Å². The zero-order valence-corrected chi connectivity index (χ0v) is 11.7. The number of imide groups is 2. The number of carbonyl (C=O) groups is 3. The van der Waals surface area contributed by atoms with E-state index in [4.69, 9.17) is 4.42 Å². The number of hydrogen-bond donors (Lipinski definition) is 1. The van der Waals surface area contributed by atoms with Crippen molar-refractivity contribution in [2.24, 2.45) is 0 Å². The van der Waals surface area contributed by atoms with E-state index in [0.717, 1.165) is 10.5 Å². The van der Waals surface area contributed by atoms with Gasteiger partial charge in [0.15, 0.2) is 0 Å². The Morgan fingerprint density at radius 3 is 2.55 bits per heavy atom. The van der Waals surface area contributed by atoms with Crippen molar-refractivity contribution in [3.8, 4) is 0 Å². The molecule has 6 nitrogen and oxygen atoms in total. The van der Waals surface area contributed by atoms with Crippen LogP contribution in [0.3, 0.4) is 0 Å². The van der Waals surface area contributed by atoms with Crippen molar-refractivity contribution < 1.29 is 18.8 Å². The predicted molar refractivity (Wildman–Crippen MR) is 78.9 cm³/mol. The molecule has 0 saturated carbocycles. The Balaban J connectivity index is 2.05. The van der Waals surface area contributed by atoms with E-state index in [1.165, 1.54) is 12.3 Å². The third-order valence-corrected chi connectivity index (χ3v) is 3.29. The summed E-state index contributed by atoms with van der Waals surface area (Å²) in [4.78, 5) is 37.5. The second-order valence-corrected chi connectivity index (χ2v) is 4.76. The van der Waals surface area contributed by atoms with Crippen LogP contribution in [0.1, 0.15) is 11.3 Å². The number of barbiturate groups is 1. The normalized spacial score (nSPS) is 17.0. The molecule has 3 rings (SSSR count). The first kappa shape index (κ1) is 13.8. The van der Waals surface area contributed by atoms with E-state index in [-0.39, 0.29) is 5.57 Å². The number of anilines is 1. The van der Waals surface area contributed by atoms with Gasteiger partial charge in [0.1, 0.15) is 11.3 Å². The minimum Gasteiger partial charge on any atom is -0.465 e. The summed E-state index contributed by atoms with van der Waals surface area (Å²) in [5.41, 5.74) is 1.03. The summed E-state index contributed by atoms with van der Waals surface area (Å²) in [6.45, 7) is 1.78. The molecule has 0 aliphatic carbocycles. The number of nitrogens with one attached hydrogen (secondary N) is 1.